The molecule has 0 fully saturated rings. The highest BCUT2D eigenvalue weighted by Gasteiger charge is 2.08. The normalized spacial score (nSPS) is 10.4. The number of carboxylic acids is 1. The fourth-order valence-electron chi connectivity index (χ4n) is 1.55. The highest BCUT2D eigenvalue weighted by Crippen LogP contribution is 2.17. The second-order valence-corrected chi connectivity index (χ2v) is 3.58. The van der Waals surface area contributed by atoms with Gasteiger partial charge in [0, 0.05) is 12.7 Å². The summed E-state index contributed by atoms with van der Waals surface area (Å²) in [7, 11) is 1.63. The van der Waals surface area contributed by atoms with Crippen LogP contribution < -0.4 is 0 Å². The number of aromatic amines is 1. The zero-order chi connectivity index (χ0) is 12.3. The fraction of sp³-hybridized carbons (Fsp3) is 0.167. The number of carbonyl (C=O) groups is 1. The third-order valence-corrected chi connectivity index (χ3v) is 2.32. The van der Waals surface area contributed by atoms with Crippen LogP contribution >= 0.6 is 0 Å². The summed E-state index contributed by atoms with van der Waals surface area (Å²) < 4.78 is 5.04. The number of hydrogen-bond donors (Lipinski definition) is 2. The molecule has 1 aromatic carbocycles. The smallest absolute Gasteiger partial charge is 0.353 e. The predicted octanol–water partition coefficient (Wildman–Crippen LogP) is 1.92. The van der Waals surface area contributed by atoms with Gasteiger partial charge in [-0.25, -0.2) is 9.78 Å². The molecule has 5 nitrogen and oxygen atoms in total. The van der Waals surface area contributed by atoms with Crippen molar-refractivity contribution in [1.82, 2.24) is 9.97 Å². The van der Waals surface area contributed by atoms with Crippen LogP contribution in [0.3, 0.4) is 0 Å². The van der Waals surface area contributed by atoms with Crippen molar-refractivity contribution < 1.29 is 14.6 Å². The average Bonchev–Trinajstić information content (AvgIpc) is 2.79. The Morgan fingerprint density at radius 1 is 1.53 bits per heavy atom. The second kappa shape index (κ2) is 4.80. The summed E-state index contributed by atoms with van der Waals surface area (Å²) in [5.41, 5.74) is 1.93. The lowest BCUT2D eigenvalue weighted by atomic mass is 10.1. The Bertz CT molecular complexity index is 534. The topological polar surface area (TPSA) is 75.2 Å². The molecule has 0 aliphatic heterocycles. The van der Waals surface area contributed by atoms with Crippen LogP contribution in [0.4, 0.5) is 0 Å². The molecule has 0 saturated heterocycles. The van der Waals surface area contributed by atoms with Crippen molar-refractivity contribution in [1.29, 1.82) is 0 Å². The van der Waals surface area contributed by atoms with Gasteiger partial charge in [0.05, 0.1) is 12.8 Å². The first-order valence-electron chi connectivity index (χ1n) is 5.07. The summed E-state index contributed by atoms with van der Waals surface area (Å²) in [6.45, 7) is 0.514. The Labute approximate surface area is 98.1 Å². The fourth-order valence-corrected chi connectivity index (χ4v) is 1.55. The minimum Gasteiger partial charge on any atom is -0.477 e. The van der Waals surface area contributed by atoms with Gasteiger partial charge in [-0.1, -0.05) is 18.2 Å². The van der Waals surface area contributed by atoms with Gasteiger partial charge >= 0.3 is 5.97 Å². The number of rotatable bonds is 4. The molecule has 0 aliphatic rings. The van der Waals surface area contributed by atoms with Crippen LogP contribution in [0, 0.1) is 0 Å². The molecule has 2 aromatic rings. The van der Waals surface area contributed by atoms with Gasteiger partial charge in [-0.2, -0.15) is 0 Å². The summed E-state index contributed by atoms with van der Waals surface area (Å²) in [4.78, 5) is 17.5. The van der Waals surface area contributed by atoms with Crippen LogP contribution in [0.2, 0.25) is 0 Å². The van der Waals surface area contributed by atoms with Crippen molar-refractivity contribution in [3.8, 4) is 11.4 Å². The molecule has 2 rings (SSSR count). The van der Waals surface area contributed by atoms with E-state index in [1.165, 1.54) is 6.20 Å². The number of aromatic nitrogens is 2. The number of carboxylic acid groups (broad SMARTS) is 1. The predicted molar refractivity (Wildman–Crippen MR) is 61.7 cm³/mol. The standard InChI is InChI=1S/C12H12N2O3/c1-17-7-8-3-2-4-9(5-8)11-13-6-10(14-11)12(15)16/h2-6H,7H2,1H3,(H,13,14)(H,15,16). The van der Waals surface area contributed by atoms with Crippen molar-refractivity contribution in [3.63, 3.8) is 0 Å². The number of H-pyrrole nitrogens is 1. The van der Waals surface area contributed by atoms with E-state index in [1.807, 2.05) is 24.3 Å². The zero-order valence-corrected chi connectivity index (χ0v) is 9.30. The molecule has 88 valence electrons. The monoisotopic (exact) mass is 232 g/mol. The first kappa shape index (κ1) is 11.3. The van der Waals surface area contributed by atoms with Crippen molar-refractivity contribution >= 4 is 5.97 Å². The van der Waals surface area contributed by atoms with Gasteiger partial charge in [-0.3, -0.25) is 0 Å². The summed E-state index contributed by atoms with van der Waals surface area (Å²) in [5, 5.41) is 8.79. The first-order valence-corrected chi connectivity index (χ1v) is 5.07. The number of benzene rings is 1. The highest BCUT2D eigenvalue weighted by molar-refractivity contribution is 5.85. The van der Waals surface area contributed by atoms with E-state index in [1.54, 1.807) is 7.11 Å². The lowest BCUT2D eigenvalue weighted by Gasteiger charge is -2.02. The van der Waals surface area contributed by atoms with Crippen molar-refractivity contribution in [2.45, 2.75) is 6.61 Å². The van der Waals surface area contributed by atoms with E-state index in [0.717, 1.165) is 11.1 Å². The molecule has 0 amide bonds. The minimum absolute atomic E-state index is 0.0807. The van der Waals surface area contributed by atoms with E-state index < -0.39 is 5.97 Å². The molecule has 1 heterocycles. The van der Waals surface area contributed by atoms with Crippen LogP contribution in [0.25, 0.3) is 11.4 Å². The van der Waals surface area contributed by atoms with Gasteiger partial charge in [0.25, 0.3) is 0 Å². The van der Waals surface area contributed by atoms with Gasteiger partial charge < -0.3 is 14.8 Å². The zero-order valence-electron chi connectivity index (χ0n) is 9.30. The number of aromatic carboxylic acids is 1. The van der Waals surface area contributed by atoms with Crippen molar-refractivity contribution in [3.05, 3.63) is 41.7 Å². The number of nitrogens with zero attached hydrogens (tertiary/aromatic N) is 1. The maximum atomic E-state index is 10.7. The van der Waals surface area contributed by atoms with Crippen LogP contribution in [0.1, 0.15) is 16.1 Å². The Balaban J connectivity index is 2.31. The largest absolute Gasteiger partial charge is 0.477 e. The van der Waals surface area contributed by atoms with Gasteiger partial charge in [0.2, 0.25) is 0 Å². The number of ether oxygens (including phenoxy) is 1. The lowest BCUT2D eigenvalue weighted by Crippen LogP contribution is -1.95. The molecule has 1 aromatic heterocycles. The van der Waals surface area contributed by atoms with Gasteiger partial charge in [-0.05, 0) is 11.6 Å². The molecule has 0 saturated carbocycles. The molecule has 0 spiro atoms. The van der Waals surface area contributed by atoms with E-state index in [9.17, 15) is 4.79 Å². The van der Waals surface area contributed by atoms with E-state index in [4.69, 9.17) is 9.84 Å². The maximum absolute atomic E-state index is 10.7. The third kappa shape index (κ3) is 2.51. The second-order valence-electron chi connectivity index (χ2n) is 3.58. The van der Waals surface area contributed by atoms with Crippen molar-refractivity contribution in [2.75, 3.05) is 7.11 Å². The lowest BCUT2D eigenvalue weighted by molar-refractivity contribution is 0.0691. The first-order chi connectivity index (χ1) is 8.20. The summed E-state index contributed by atoms with van der Waals surface area (Å²) >= 11 is 0. The quantitative estimate of drug-likeness (QED) is 0.844. The molecule has 0 aliphatic carbocycles. The van der Waals surface area contributed by atoms with Crippen molar-refractivity contribution in [2.24, 2.45) is 0 Å². The molecule has 0 atom stereocenters. The van der Waals surface area contributed by atoms with Gasteiger partial charge in [-0.15, -0.1) is 0 Å². The molecule has 5 heteroatoms. The molecular formula is C12H12N2O3. The number of hydrogen-bond acceptors (Lipinski definition) is 3. The van der Waals surface area contributed by atoms with Crippen LogP contribution in [-0.4, -0.2) is 28.2 Å². The van der Waals surface area contributed by atoms with Crippen LogP contribution in [0.5, 0.6) is 0 Å². The molecular weight excluding hydrogens is 220 g/mol. The minimum atomic E-state index is -1.02. The Morgan fingerprint density at radius 3 is 3.00 bits per heavy atom. The van der Waals surface area contributed by atoms with E-state index in [2.05, 4.69) is 9.97 Å². The Morgan fingerprint density at radius 2 is 2.35 bits per heavy atom. The molecule has 2 N–H and O–H groups in total. The average molecular weight is 232 g/mol. The molecule has 17 heavy (non-hydrogen) atoms. The number of imidazole rings is 1. The Kier molecular flexibility index (Phi) is 3.20. The molecule has 0 bridgehead atoms. The van der Waals surface area contributed by atoms with E-state index >= 15 is 0 Å². The van der Waals surface area contributed by atoms with Crippen LogP contribution in [-0.2, 0) is 11.3 Å². The van der Waals surface area contributed by atoms with Gasteiger partial charge in [0.15, 0.2) is 0 Å². The number of methoxy groups -OCH3 is 1. The van der Waals surface area contributed by atoms with E-state index in [-0.39, 0.29) is 5.69 Å². The third-order valence-electron chi connectivity index (χ3n) is 2.32. The Hall–Kier alpha value is -2.14. The highest BCUT2D eigenvalue weighted by atomic mass is 16.5. The van der Waals surface area contributed by atoms with Crippen LogP contribution in [0.15, 0.2) is 30.5 Å². The summed E-state index contributed by atoms with van der Waals surface area (Å²) in [6, 6.07) is 7.60. The molecule has 0 radical (unpaired) electrons. The maximum Gasteiger partial charge on any atom is 0.353 e. The summed E-state index contributed by atoms with van der Waals surface area (Å²) in [6.07, 6.45) is 1.31. The summed E-state index contributed by atoms with van der Waals surface area (Å²) in [5.74, 6) is -0.475. The molecule has 0 unspecified atom stereocenters. The SMILES string of the molecule is COCc1cccc(-c2ncc(C(=O)O)[nH]2)c1. The number of nitrogens with one attached hydrogen (secondary N) is 1. The van der Waals surface area contributed by atoms with E-state index in [0.29, 0.717) is 12.4 Å². The van der Waals surface area contributed by atoms with Gasteiger partial charge in [0.1, 0.15) is 11.5 Å².